The monoisotopic (exact) mass is 439 g/mol. The van der Waals surface area contributed by atoms with Crippen molar-refractivity contribution in [2.24, 2.45) is 0 Å². The van der Waals surface area contributed by atoms with Crippen LogP contribution in [0.5, 0.6) is 5.75 Å². The molecule has 0 bridgehead atoms. The van der Waals surface area contributed by atoms with Gasteiger partial charge in [0.05, 0.1) is 17.3 Å². The molecule has 1 aliphatic rings. The van der Waals surface area contributed by atoms with Gasteiger partial charge in [-0.25, -0.2) is 8.78 Å². The molecule has 168 valence electrons. The lowest BCUT2D eigenvalue weighted by Crippen LogP contribution is -2.49. The largest absolute Gasteiger partial charge is 0.507 e. The maximum atomic E-state index is 14.3. The van der Waals surface area contributed by atoms with Crippen molar-refractivity contribution in [1.82, 2.24) is 9.47 Å². The van der Waals surface area contributed by atoms with E-state index in [0.29, 0.717) is 44.1 Å². The number of aromatic hydroxyl groups is 1. The minimum absolute atomic E-state index is 0.0666. The number of halogens is 2. The minimum Gasteiger partial charge on any atom is -0.507 e. The van der Waals surface area contributed by atoms with E-state index in [9.17, 15) is 18.7 Å². The van der Waals surface area contributed by atoms with Crippen LogP contribution in [0, 0.1) is 18.6 Å². The molecule has 0 radical (unpaired) electrons. The highest BCUT2D eigenvalue weighted by atomic mass is 19.1. The molecule has 1 aromatic heterocycles. The molecular weight excluding hydrogens is 412 g/mol. The van der Waals surface area contributed by atoms with Crippen molar-refractivity contribution in [3.63, 3.8) is 0 Å². The van der Waals surface area contributed by atoms with Crippen molar-refractivity contribution >= 4 is 5.69 Å². The van der Waals surface area contributed by atoms with Crippen molar-refractivity contribution < 1.29 is 13.9 Å². The lowest BCUT2D eigenvalue weighted by atomic mass is 9.96. The lowest BCUT2D eigenvalue weighted by Gasteiger charge is -2.40. The maximum absolute atomic E-state index is 14.3. The number of nitrogens with zero attached hydrogens (tertiary/aromatic N) is 3. The Balaban J connectivity index is 1.72. The first-order valence-corrected chi connectivity index (χ1v) is 10.8. The fourth-order valence-electron chi connectivity index (χ4n) is 4.55. The van der Waals surface area contributed by atoms with Crippen LogP contribution in [-0.2, 0) is 6.54 Å². The zero-order chi connectivity index (χ0) is 22.8. The number of aryl methyl sites for hydroxylation is 1. The summed E-state index contributed by atoms with van der Waals surface area (Å²) in [5, 5.41) is 10.8. The third-order valence-electron chi connectivity index (χ3n) is 6.17. The minimum atomic E-state index is -0.538. The van der Waals surface area contributed by atoms with E-state index in [2.05, 4.69) is 4.90 Å². The van der Waals surface area contributed by atoms with E-state index >= 15 is 0 Å². The molecule has 2 aromatic carbocycles. The summed E-state index contributed by atoms with van der Waals surface area (Å²) in [5.41, 5.74) is 1.99. The standard InChI is InChI=1S/C25H27F2N3O2/c1-3-30-17(2)16-22(31)23(25(30)32)24(18-8-10-19(26)11-9-18)29-14-12-28(13-15-29)21-7-5-4-6-20(21)27/h4-11,16,24,31H,3,12-15H2,1-2H3/t24-/m0/s1. The van der Waals surface area contributed by atoms with Gasteiger partial charge in [0.15, 0.2) is 0 Å². The summed E-state index contributed by atoms with van der Waals surface area (Å²) in [7, 11) is 0. The van der Waals surface area contributed by atoms with Gasteiger partial charge in [-0.3, -0.25) is 9.69 Å². The summed E-state index contributed by atoms with van der Waals surface area (Å²) in [6.07, 6.45) is 0. The van der Waals surface area contributed by atoms with Crippen LogP contribution in [0.15, 0.2) is 59.4 Å². The molecule has 1 atom stereocenters. The average Bonchev–Trinajstić information content (AvgIpc) is 2.78. The van der Waals surface area contributed by atoms with Crippen molar-refractivity contribution in [2.75, 3.05) is 31.1 Å². The Bertz CT molecular complexity index is 1150. The second-order valence-electron chi connectivity index (χ2n) is 8.06. The first kappa shape index (κ1) is 22.0. The normalized spacial score (nSPS) is 15.7. The smallest absolute Gasteiger partial charge is 0.259 e. The third kappa shape index (κ3) is 4.12. The molecule has 0 unspecified atom stereocenters. The first-order chi connectivity index (χ1) is 15.4. The van der Waals surface area contributed by atoms with Gasteiger partial charge in [-0.2, -0.15) is 0 Å². The molecule has 7 heteroatoms. The maximum Gasteiger partial charge on any atom is 0.259 e. The van der Waals surface area contributed by atoms with Crippen LogP contribution in [0.25, 0.3) is 0 Å². The predicted octanol–water partition coefficient (Wildman–Crippen LogP) is 4.07. The lowest BCUT2D eigenvalue weighted by molar-refractivity contribution is 0.207. The highest BCUT2D eigenvalue weighted by Gasteiger charge is 2.31. The van der Waals surface area contributed by atoms with Crippen LogP contribution < -0.4 is 10.5 Å². The molecule has 1 saturated heterocycles. The Morgan fingerprint density at radius 2 is 1.66 bits per heavy atom. The molecule has 2 heterocycles. The van der Waals surface area contributed by atoms with Crippen LogP contribution in [-0.4, -0.2) is 40.8 Å². The van der Waals surface area contributed by atoms with Gasteiger partial charge in [0.1, 0.15) is 17.4 Å². The molecule has 0 saturated carbocycles. The average molecular weight is 440 g/mol. The van der Waals surface area contributed by atoms with E-state index in [4.69, 9.17) is 0 Å². The van der Waals surface area contributed by atoms with E-state index in [0.717, 1.165) is 5.56 Å². The topological polar surface area (TPSA) is 48.7 Å². The molecule has 0 aliphatic carbocycles. The van der Waals surface area contributed by atoms with Crippen molar-refractivity contribution in [3.05, 3.63) is 93.4 Å². The van der Waals surface area contributed by atoms with Crippen LogP contribution >= 0.6 is 0 Å². The Hall–Kier alpha value is -3.19. The predicted molar refractivity (Wildman–Crippen MR) is 121 cm³/mol. The highest BCUT2D eigenvalue weighted by Crippen LogP contribution is 2.34. The van der Waals surface area contributed by atoms with E-state index < -0.39 is 6.04 Å². The number of rotatable bonds is 5. The molecule has 1 N–H and O–H groups in total. The summed E-state index contributed by atoms with van der Waals surface area (Å²) in [6.45, 7) is 6.38. The Morgan fingerprint density at radius 3 is 2.28 bits per heavy atom. The van der Waals surface area contributed by atoms with Crippen LogP contribution in [0.4, 0.5) is 14.5 Å². The second kappa shape index (κ2) is 9.12. The van der Waals surface area contributed by atoms with E-state index in [1.165, 1.54) is 18.2 Å². The van der Waals surface area contributed by atoms with Gasteiger partial charge >= 0.3 is 0 Å². The molecule has 1 fully saturated rings. The van der Waals surface area contributed by atoms with Crippen molar-refractivity contribution in [1.29, 1.82) is 0 Å². The third-order valence-corrected chi connectivity index (χ3v) is 6.17. The quantitative estimate of drug-likeness (QED) is 0.651. The Kier molecular flexibility index (Phi) is 6.28. The van der Waals surface area contributed by atoms with E-state index in [1.54, 1.807) is 41.8 Å². The molecular formula is C25H27F2N3O2. The highest BCUT2D eigenvalue weighted by molar-refractivity contribution is 5.48. The molecule has 5 nitrogen and oxygen atoms in total. The molecule has 4 rings (SSSR count). The number of benzene rings is 2. The van der Waals surface area contributed by atoms with Crippen LogP contribution in [0.3, 0.4) is 0 Å². The number of hydrogen-bond donors (Lipinski definition) is 1. The van der Waals surface area contributed by atoms with Gasteiger partial charge < -0.3 is 14.6 Å². The summed E-state index contributed by atoms with van der Waals surface area (Å²) in [5.74, 6) is -0.697. The molecule has 0 amide bonds. The van der Waals surface area contributed by atoms with Gasteiger partial charge in [-0.05, 0) is 49.7 Å². The first-order valence-electron chi connectivity index (χ1n) is 10.8. The number of para-hydroxylation sites is 1. The van der Waals surface area contributed by atoms with E-state index in [-0.39, 0.29) is 28.5 Å². The summed E-state index contributed by atoms with van der Waals surface area (Å²) >= 11 is 0. The molecule has 1 aliphatic heterocycles. The molecule has 3 aromatic rings. The second-order valence-corrected chi connectivity index (χ2v) is 8.06. The number of piperazine rings is 1. The number of pyridine rings is 1. The van der Waals surface area contributed by atoms with Gasteiger partial charge in [0, 0.05) is 38.4 Å². The zero-order valence-corrected chi connectivity index (χ0v) is 18.3. The number of hydrogen-bond acceptors (Lipinski definition) is 4. The van der Waals surface area contributed by atoms with Gasteiger partial charge in [-0.15, -0.1) is 0 Å². The summed E-state index contributed by atoms with van der Waals surface area (Å²) in [6, 6.07) is 13.8. The number of anilines is 1. The van der Waals surface area contributed by atoms with Crippen molar-refractivity contribution in [3.8, 4) is 5.75 Å². The SMILES string of the molecule is CCn1c(C)cc(O)c([C@H](c2ccc(F)cc2)N2CCN(c3ccccc3F)CC2)c1=O. The Morgan fingerprint density at radius 1 is 1.00 bits per heavy atom. The van der Waals surface area contributed by atoms with Crippen LogP contribution in [0.1, 0.15) is 29.8 Å². The van der Waals surface area contributed by atoms with Crippen molar-refractivity contribution in [2.45, 2.75) is 26.4 Å². The van der Waals surface area contributed by atoms with E-state index in [1.807, 2.05) is 17.9 Å². The molecule has 32 heavy (non-hydrogen) atoms. The van der Waals surface area contributed by atoms with Gasteiger partial charge in [0.25, 0.3) is 5.56 Å². The fraction of sp³-hybridized carbons (Fsp3) is 0.320. The Labute approximate surface area is 186 Å². The van der Waals surface area contributed by atoms with Gasteiger partial charge in [-0.1, -0.05) is 24.3 Å². The summed E-state index contributed by atoms with van der Waals surface area (Å²) < 4.78 is 29.5. The zero-order valence-electron chi connectivity index (χ0n) is 18.3. The fourth-order valence-corrected chi connectivity index (χ4v) is 4.55. The molecule has 0 spiro atoms. The van der Waals surface area contributed by atoms with Crippen LogP contribution in [0.2, 0.25) is 0 Å². The van der Waals surface area contributed by atoms with Gasteiger partial charge in [0.2, 0.25) is 0 Å². The summed E-state index contributed by atoms with van der Waals surface area (Å²) in [4.78, 5) is 17.4. The number of aromatic nitrogens is 1.